The number of carbonyl (C=O) groups excluding carboxylic acids is 2. The summed E-state index contributed by atoms with van der Waals surface area (Å²) in [5.74, 6) is 0.892. The Morgan fingerprint density at radius 3 is 2.69 bits per heavy atom. The van der Waals surface area contributed by atoms with E-state index in [1.807, 2.05) is 37.4 Å². The molecule has 29 heavy (non-hydrogen) atoms. The number of anilines is 2. The van der Waals surface area contributed by atoms with Gasteiger partial charge in [-0.05, 0) is 49.2 Å². The number of aldehydes is 1. The van der Waals surface area contributed by atoms with E-state index in [1.165, 1.54) is 25.4 Å². The molecule has 0 saturated heterocycles. The zero-order valence-electron chi connectivity index (χ0n) is 16.8. The number of amides is 1. The molecule has 0 aliphatic heterocycles. The van der Waals surface area contributed by atoms with Gasteiger partial charge < -0.3 is 9.47 Å². The topological polar surface area (TPSA) is 68.7 Å². The Bertz CT molecular complexity index is 1050. The van der Waals surface area contributed by atoms with Crippen LogP contribution in [0.4, 0.5) is 10.8 Å². The predicted octanol–water partition coefficient (Wildman–Crippen LogP) is 4.84. The molecule has 3 aromatic rings. The molecular formula is C22H22N2O4S. The number of aryl methyl sites for hydroxylation is 1. The summed E-state index contributed by atoms with van der Waals surface area (Å²) in [7, 11) is 1.52. The van der Waals surface area contributed by atoms with E-state index in [9.17, 15) is 9.59 Å². The summed E-state index contributed by atoms with van der Waals surface area (Å²) in [5, 5.41) is 2.45. The highest BCUT2D eigenvalue weighted by Crippen LogP contribution is 2.33. The number of carbonyl (C=O) groups is 2. The van der Waals surface area contributed by atoms with Gasteiger partial charge in [0.15, 0.2) is 16.6 Å². The first kappa shape index (κ1) is 20.5. The van der Waals surface area contributed by atoms with Crippen molar-refractivity contribution in [2.45, 2.75) is 27.4 Å². The molecule has 0 N–H and O–H groups in total. The van der Waals surface area contributed by atoms with Crippen molar-refractivity contribution in [3.05, 3.63) is 64.2 Å². The Morgan fingerprint density at radius 2 is 2.00 bits per heavy atom. The van der Waals surface area contributed by atoms with Gasteiger partial charge in [0.1, 0.15) is 12.9 Å². The SMILES string of the molecule is COc1cc(C=O)ccc1OCc1csc(N(C(C)=O)c2cccc(C)c2C)n1. The third-order valence-electron chi connectivity index (χ3n) is 4.56. The smallest absolute Gasteiger partial charge is 0.230 e. The van der Waals surface area contributed by atoms with Gasteiger partial charge in [-0.25, -0.2) is 4.98 Å². The second kappa shape index (κ2) is 8.87. The van der Waals surface area contributed by atoms with E-state index in [1.54, 1.807) is 23.1 Å². The lowest BCUT2D eigenvalue weighted by molar-refractivity contribution is -0.115. The van der Waals surface area contributed by atoms with E-state index < -0.39 is 0 Å². The number of aromatic nitrogens is 1. The van der Waals surface area contributed by atoms with Gasteiger partial charge >= 0.3 is 0 Å². The van der Waals surface area contributed by atoms with Crippen LogP contribution in [0.2, 0.25) is 0 Å². The minimum Gasteiger partial charge on any atom is -0.493 e. The van der Waals surface area contributed by atoms with E-state index in [4.69, 9.17) is 9.47 Å². The van der Waals surface area contributed by atoms with E-state index in [2.05, 4.69) is 4.98 Å². The molecule has 7 heteroatoms. The molecule has 0 bridgehead atoms. The second-order valence-corrected chi connectivity index (χ2v) is 7.35. The fourth-order valence-electron chi connectivity index (χ4n) is 2.88. The first-order valence-corrected chi connectivity index (χ1v) is 9.90. The third kappa shape index (κ3) is 4.46. The van der Waals surface area contributed by atoms with Gasteiger partial charge in [0.05, 0.1) is 18.5 Å². The van der Waals surface area contributed by atoms with Crippen LogP contribution in [0.3, 0.4) is 0 Å². The molecule has 0 atom stereocenters. The number of rotatable bonds is 7. The van der Waals surface area contributed by atoms with Crippen LogP contribution in [-0.4, -0.2) is 24.3 Å². The lowest BCUT2D eigenvalue weighted by Gasteiger charge is -2.21. The van der Waals surface area contributed by atoms with Crippen molar-refractivity contribution in [2.24, 2.45) is 0 Å². The summed E-state index contributed by atoms with van der Waals surface area (Å²) in [6.45, 7) is 5.75. The molecule has 0 aliphatic rings. The summed E-state index contributed by atoms with van der Waals surface area (Å²) in [6, 6.07) is 10.8. The first-order chi connectivity index (χ1) is 13.9. The van der Waals surface area contributed by atoms with Crippen molar-refractivity contribution >= 4 is 34.3 Å². The molecule has 2 aromatic carbocycles. The largest absolute Gasteiger partial charge is 0.493 e. The molecule has 0 radical (unpaired) electrons. The maximum atomic E-state index is 12.4. The highest BCUT2D eigenvalue weighted by molar-refractivity contribution is 7.14. The van der Waals surface area contributed by atoms with Crippen molar-refractivity contribution in [2.75, 3.05) is 12.0 Å². The molecule has 0 spiro atoms. The zero-order valence-corrected chi connectivity index (χ0v) is 17.6. The molecule has 0 saturated carbocycles. The van der Waals surface area contributed by atoms with Crippen LogP contribution in [-0.2, 0) is 11.4 Å². The average molecular weight is 410 g/mol. The Labute approximate surface area is 173 Å². The summed E-state index contributed by atoms with van der Waals surface area (Å²) in [4.78, 5) is 29.5. The van der Waals surface area contributed by atoms with Crippen LogP contribution in [0.15, 0.2) is 41.8 Å². The standard InChI is InChI=1S/C22H22N2O4S/c1-14-6-5-7-19(15(14)2)24(16(3)26)22-23-18(13-29-22)12-28-20-9-8-17(11-25)10-21(20)27-4/h5-11,13H,12H2,1-4H3. The van der Waals surface area contributed by atoms with Crippen molar-refractivity contribution in [1.29, 1.82) is 0 Å². The highest BCUT2D eigenvalue weighted by atomic mass is 32.1. The zero-order chi connectivity index (χ0) is 21.0. The normalized spacial score (nSPS) is 10.5. The monoisotopic (exact) mass is 410 g/mol. The number of benzene rings is 2. The van der Waals surface area contributed by atoms with E-state index in [-0.39, 0.29) is 12.5 Å². The Morgan fingerprint density at radius 1 is 1.21 bits per heavy atom. The molecule has 3 rings (SSSR count). The quantitative estimate of drug-likeness (QED) is 0.521. The average Bonchev–Trinajstić information content (AvgIpc) is 3.17. The maximum absolute atomic E-state index is 12.4. The third-order valence-corrected chi connectivity index (χ3v) is 5.44. The minimum absolute atomic E-state index is 0.105. The Balaban J connectivity index is 1.82. The summed E-state index contributed by atoms with van der Waals surface area (Å²) in [6.07, 6.45) is 0.753. The van der Waals surface area contributed by atoms with Crippen molar-refractivity contribution < 1.29 is 19.1 Å². The summed E-state index contributed by atoms with van der Waals surface area (Å²) < 4.78 is 11.1. The van der Waals surface area contributed by atoms with Gasteiger partial charge in [0, 0.05) is 17.9 Å². The van der Waals surface area contributed by atoms with Crippen LogP contribution in [0.1, 0.15) is 34.1 Å². The Hall–Kier alpha value is -3.19. The highest BCUT2D eigenvalue weighted by Gasteiger charge is 2.20. The van der Waals surface area contributed by atoms with Gasteiger partial charge in [-0.15, -0.1) is 11.3 Å². The van der Waals surface area contributed by atoms with Crippen molar-refractivity contribution in [1.82, 2.24) is 4.98 Å². The molecule has 0 fully saturated rings. The molecule has 1 aromatic heterocycles. The number of hydrogen-bond acceptors (Lipinski definition) is 6. The van der Waals surface area contributed by atoms with Gasteiger partial charge in [-0.1, -0.05) is 12.1 Å². The first-order valence-electron chi connectivity index (χ1n) is 9.02. The van der Waals surface area contributed by atoms with Crippen LogP contribution in [0, 0.1) is 13.8 Å². The molecular weight excluding hydrogens is 388 g/mol. The van der Waals surface area contributed by atoms with Gasteiger partial charge in [0.25, 0.3) is 0 Å². The molecule has 6 nitrogen and oxygen atoms in total. The number of ether oxygens (including phenoxy) is 2. The number of nitrogens with zero attached hydrogens (tertiary/aromatic N) is 2. The number of hydrogen-bond donors (Lipinski definition) is 0. The predicted molar refractivity (Wildman–Crippen MR) is 114 cm³/mol. The molecule has 150 valence electrons. The number of methoxy groups -OCH3 is 1. The van der Waals surface area contributed by atoms with Crippen LogP contribution >= 0.6 is 11.3 Å². The van der Waals surface area contributed by atoms with Crippen LogP contribution in [0.25, 0.3) is 0 Å². The van der Waals surface area contributed by atoms with Gasteiger partial charge in [-0.3, -0.25) is 14.5 Å². The van der Waals surface area contributed by atoms with Crippen molar-refractivity contribution in [3.63, 3.8) is 0 Å². The van der Waals surface area contributed by atoms with Crippen LogP contribution in [0.5, 0.6) is 11.5 Å². The lowest BCUT2D eigenvalue weighted by atomic mass is 10.1. The fourth-order valence-corrected chi connectivity index (χ4v) is 3.74. The van der Waals surface area contributed by atoms with E-state index in [0.717, 1.165) is 23.1 Å². The fraction of sp³-hybridized carbons (Fsp3) is 0.227. The maximum Gasteiger partial charge on any atom is 0.230 e. The van der Waals surface area contributed by atoms with E-state index in [0.29, 0.717) is 27.9 Å². The van der Waals surface area contributed by atoms with Crippen molar-refractivity contribution in [3.8, 4) is 11.5 Å². The lowest BCUT2D eigenvalue weighted by Crippen LogP contribution is -2.23. The summed E-state index contributed by atoms with van der Waals surface area (Å²) >= 11 is 1.38. The number of thiazole rings is 1. The molecule has 0 aliphatic carbocycles. The summed E-state index contributed by atoms with van der Waals surface area (Å²) in [5.41, 5.74) is 4.18. The Kier molecular flexibility index (Phi) is 6.29. The van der Waals surface area contributed by atoms with Gasteiger partial charge in [-0.2, -0.15) is 0 Å². The second-order valence-electron chi connectivity index (χ2n) is 6.51. The molecule has 1 heterocycles. The molecule has 0 unspecified atom stereocenters. The van der Waals surface area contributed by atoms with Gasteiger partial charge in [0.2, 0.25) is 5.91 Å². The molecule has 1 amide bonds. The minimum atomic E-state index is -0.105. The van der Waals surface area contributed by atoms with E-state index >= 15 is 0 Å². The van der Waals surface area contributed by atoms with Crippen LogP contribution < -0.4 is 14.4 Å².